The van der Waals surface area contributed by atoms with E-state index in [0.717, 1.165) is 6.54 Å². The second kappa shape index (κ2) is 5.37. The number of piperazine rings is 1. The van der Waals surface area contributed by atoms with Crippen LogP contribution in [-0.4, -0.2) is 60.1 Å². The fourth-order valence-corrected chi connectivity index (χ4v) is 2.14. The summed E-state index contributed by atoms with van der Waals surface area (Å²) >= 11 is 0. The summed E-state index contributed by atoms with van der Waals surface area (Å²) < 4.78 is 0. The molecule has 1 unspecified atom stereocenters. The SMILES string of the molecule is CN1CCN(C(=O)c2ccc(N)cc2)CC1CO. The van der Waals surface area contributed by atoms with Gasteiger partial charge in [0.25, 0.3) is 5.91 Å². The van der Waals surface area contributed by atoms with E-state index in [4.69, 9.17) is 5.73 Å². The highest BCUT2D eigenvalue weighted by atomic mass is 16.3. The Bertz CT molecular complexity index is 419. The molecule has 3 N–H and O–H groups in total. The fraction of sp³-hybridized carbons (Fsp3) is 0.462. The summed E-state index contributed by atoms with van der Waals surface area (Å²) in [7, 11) is 1.96. The largest absolute Gasteiger partial charge is 0.399 e. The van der Waals surface area contributed by atoms with E-state index in [2.05, 4.69) is 4.90 Å². The molecule has 1 saturated heterocycles. The zero-order valence-corrected chi connectivity index (χ0v) is 10.5. The Balaban J connectivity index is 2.07. The van der Waals surface area contributed by atoms with Gasteiger partial charge in [0.2, 0.25) is 0 Å². The molecular formula is C13H19N3O2. The number of likely N-dealkylation sites (N-methyl/N-ethyl adjacent to an activating group) is 1. The lowest BCUT2D eigenvalue weighted by molar-refractivity contribution is 0.0421. The van der Waals surface area contributed by atoms with E-state index in [1.807, 2.05) is 7.05 Å². The van der Waals surface area contributed by atoms with Crippen LogP contribution in [0.25, 0.3) is 0 Å². The van der Waals surface area contributed by atoms with Gasteiger partial charge in [0, 0.05) is 30.9 Å². The van der Waals surface area contributed by atoms with Crippen LogP contribution >= 0.6 is 0 Å². The van der Waals surface area contributed by atoms with Gasteiger partial charge < -0.3 is 15.7 Å². The summed E-state index contributed by atoms with van der Waals surface area (Å²) in [4.78, 5) is 16.1. The fourth-order valence-electron chi connectivity index (χ4n) is 2.14. The van der Waals surface area contributed by atoms with Crippen LogP contribution in [0.2, 0.25) is 0 Å². The number of carbonyl (C=O) groups excluding carboxylic acids is 1. The first-order valence-electron chi connectivity index (χ1n) is 6.07. The summed E-state index contributed by atoms with van der Waals surface area (Å²) in [6, 6.07) is 6.96. The number of amides is 1. The van der Waals surface area contributed by atoms with Crippen molar-refractivity contribution in [2.45, 2.75) is 6.04 Å². The molecule has 0 aliphatic carbocycles. The van der Waals surface area contributed by atoms with Gasteiger partial charge >= 0.3 is 0 Å². The van der Waals surface area contributed by atoms with Crippen LogP contribution < -0.4 is 5.73 Å². The molecule has 98 valence electrons. The lowest BCUT2D eigenvalue weighted by Crippen LogP contribution is -2.54. The van der Waals surface area contributed by atoms with Gasteiger partial charge in [0.05, 0.1) is 12.6 Å². The Morgan fingerprint density at radius 2 is 2.06 bits per heavy atom. The Morgan fingerprint density at radius 1 is 1.39 bits per heavy atom. The third kappa shape index (κ3) is 2.63. The molecule has 0 bridgehead atoms. The Morgan fingerprint density at radius 3 is 2.67 bits per heavy atom. The van der Waals surface area contributed by atoms with Crippen molar-refractivity contribution in [3.05, 3.63) is 29.8 Å². The van der Waals surface area contributed by atoms with E-state index in [9.17, 15) is 9.90 Å². The number of carbonyl (C=O) groups is 1. The molecule has 1 aromatic carbocycles. The molecule has 1 amide bonds. The molecule has 5 nitrogen and oxygen atoms in total. The zero-order valence-electron chi connectivity index (χ0n) is 10.5. The van der Waals surface area contributed by atoms with Gasteiger partial charge in [-0.15, -0.1) is 0 Å². The summed E-state index contributed by atoms with van der Waals surface area (Å²) in [6.45, 7) is 2.11. The van der Waals surface area contributed by atoms with Crippen molar-refractivity contribution in [1.29, 1.82) is 0 Å². The predicted octanol–water partition coefficient (Wildman–Crippen LogP) is 0.0173. The second-order valence-corrected chi connectivity index (χ2v) is 4.69. The van der Waals surface area contributed by atoms with Crippen LogP contribution in [-0.2, 0) is 0 Å². The Kier molecular flexibility index (Phi) is 3.84. The van der Waals surface area contributed by atoms with Crippen molar-refractivity contribution in [2.24, 2.45) is 0 Å². The van der Waals surface area contributed by atoms with E-state index in [1.54, 1.807) is 29.2 Å². The molecule has 0 aromatic heterocycles. The molecule has 1 aliphatic heterocycles. The molecule has 1 atom stereocenters. The molecule has 5 heteroatoms. The van der Waals surface area contributed by atoms with Crippen LogP contribution in [0.15, 0.2) is 24.3 Å². The molecule has 0 saturated carbocycles. The van der Waals surface area contributed by atoms with Crippen molar-refractivity contribution in [3.63, 3.8) is 0 Å². The van der Waals surface area contributed by atoms with Crippen LogP contribution in [0.5, 0.6) is 0 Å². The van der Waals surface area contributed by atoms with Gasteiger partial charge in [0.1, 0.15) is 0 Å². The van der Waals surface area contributed by atoms with E-state index < -0.39 is 0 Å². The van der Waals surface area contributed by atoms with E-state index >= 15 is 0 Å². The standard InChI is InChI=1S/C13H19N3O2/c1-15-6-7-16(8-12(15)9-17)13(18)10-2-4-11(14)5-3-10/h2-5,12,17H,6-9,14H2,1H3. The van der Waals surface area contributed by atoms with Gasteiger partial charge in [0.15, 0.2) is 0 Å². The first kappa shape index (κ1) is 12.9. The van der Waals surface area contributed by atoms with Gasteiger partial charge in [-0.2, -0.15) is 0 Å². The summed E-state index contributed by atoms with van der Waals surface area (Å²) in [5, 5.41) is 9.27. The highest BCUT2D eigenvalue weighted by Crippen LogP contribution is 2.13. The number of anilines is 1. The number of aliphatic hydroxyl groups excluding tert-OH is 1. The first-order chi connectivity index (χ1) is 8.61. The minimum Gasteiger partial charge on any atom is -0.399 e. The summed E-state index contributed by atoms with van der Waals surface area (Å²) in [5.41, 5.74) is 6.90. The molecule has 1 heterocycles. The lowest BCUT2D eigenvalue weighted by Gasteiger charge is -2.38. The average Bonchev–Trinajstić information content (AvgIpc) is 2.39. The minimum absolute atomic E-state index is 0.00144. The van der Waals surface area contributed by atoms with E-state index in [-0.39, 0.29) is 18.6 Å². The maximum Gasteiger partial charge on any atom is 0.253 e. The maximum absolute atomic E-state index is 12.3. The monoisotopic (exact) mass is 249 g/mol. The van der Waals surface area contributed by atoms with Gasteiger partial charge in [-0.05, 0) is 31.3 Å². The Labute approximate surface area is 107 Å². The Hall–Kier alpha value is -1.59. The smallest absolute Gasteiger partial charge is 0.253 e. The summed E-state index contributed by atoms with van der Waals surface area (Å²) in [5.74, 6) is 0.00144. The van der Waals surface area contributed by atoms with Gasteiger partial charge in [-0.25, -0.2) is 0 Å². The predicted molar refractivity (Wildman–Crippen MR) is 70.3 cm³/mol. The number of nitrogen functional groups attached to an aromatic ring is 1. The average molecular weight is 249 g/mol. The zero-order chi connectivity index (χ0) is 13.1. The number of benzene rings is 1. The summed E-state index contributed by atoms with van der Waals surface area (Å²) in [6.07, 6.45) is 0. The maximum atomic E-state index is 12.3. The van der Waals surface area contributed by atoms with Gasteiger partial charge in [-0.1, -0.05) is 0 Å². The number of rotatable bonds is 2. The quantitative estimate of drug-likeness (QED) is 0.725. The number of hydrogen-bond acceptors (Lipinski definition) is 4. The van der Waals surface area contributed by atoms with Crippen LogP contribution in [0.4, 0.5) is 5.69 Å². The third-order valence-electron chi connectivity index (χ3n) is 3.43. The lowest BCUT2D eigenvalue weighted by atomic mass is 10.1. The molecule has 1 aliphatic rings. The van der Waals surface area contributed by atoms with Crippen molar-refractivity contribution < 1.29 is 9.90 Å². The molecular weight excluding hydrogens is 230 g/mol. The van der Waals surface area contributed by atoms with Crippen molar-refractivity contribution >= 4 is 11.6 Å². The third-order valence-corrected chi connectivity index (χ3v) is 3.43. The molecule has 2 rings (SSSR count). The topological polar surface area (TPSA) is 69.8 Å². The normalized spacial score (nSPS) is 21.0. The number of aliphatic hydroxyl groups is 1. The molecule has 0 radical (unpaired) electrons. The van der Waals surface area contributed by atoms with E-state index in [1.165, 1.54) is 0 Å². The number of nitrogens with zero attached hydrogens (tertiary/aromatic N) is 2. The first-order valence-corrected chi connectivity index (χ1v) is 6.07. The van der Waals surface area contributed by atoms with Crippen LogP contribution in [0, 0.1) is 0 Å². The van der Waals surface area contributed by atoms with Crippen LogP contribution in [0.1, 0.15) is 10.4 Å². The van der Waals surface area contributed by atoms with Crippen molar-refractivity contribution in [2.75, 3.05) is 39.0 Å². The van der Waals surface area contributed by atoms with Crippen LogP contribution in [0.3, 0.4) is 0 Å². The highest BCUT2D eigenvalue weighted by molar-refractivity contribution is 5.94. The minimum atomic E-state index is 0.00144. The highest BCUT2D eigenvalue weighted by Gasteiger charge is 2.27. The molecule has 1 fully saturated rings. The molecule has 18 heavy (non-hydrogen) atoms. The second-order valence-electron chi connectivity index (χ2n) is 4.69. The van der Waals surface area contributed by atoms with Gasteiger partial charge in [-0.3, -0.25) is 9.69 Å². The van der Waals surface area contributed by atoms with E-state index in [0.29, 0.717) is 24.3 Å². The van der Waals surface area contributed by atoms with Crippen molar-refractivity contribution in [1.82, 2.24) is 9.80 Å². The number of hydrogen-bond donors (Lipinski definition) is 2. The van der Waals surface area contributed by atoms with Crippen molar-refractivity contribution in [3.8, 4) is 0 Å². The molecule has 1 aromatic rings. The molecule has 0 spiro atoms. The number of nitrogens with two attached hydrogens (primary N) is 1.